The van der Waals surface area contributed by atoms with Crippen LogP contribution in [0.5, 0.6) is 5.75 Å². The van der Waals surface area contributed by atoms with Gasteiger partial charge in [-0.25, -0.2) is 13.2 Å². The highest BCUT2D eigenvalue weighted by Crippen LogP contribution is 2.35. The number of ether oxygens (including phenoxy) is 1. The van der Waals surface area contributed by atoms with Crippen molar-refractivity contribution in [1.82, 2.24) is 15.2 Å². The molecular weight excluding hydrogens is 594 g/mol. The maximum Gasteiger partial charge on any atom is 0.407 e. The number of carbonyl (C=O) groups is 1. The number of hydrogen-bond donors (Lipinski definition) is 3. The SMILES string of the molecule is CS(=O)(=O)CCNCc1ccc(-c2ccc3ncc(C#N)c(Nc4ccc(OC5CCN(C(=O)O)CC5)c(Cl)c4)c3c2)o1. The summed E-state index contributed by atoms with van der Waals surface area (Å²) >= 11 is 6.57. The number of rotatable bonds is 10. The third kappa shape index (κ3) is 7.56. The van der Waals surface area contributed by atoms with Crippen LogP contribution >= 0.6 is 11.6 Å². The lowest BCUT2D eigenvalue weighted by Gasteiger charge is -2.30. The van der Waals surface area contributed by atoms with Crippen molar-refractivity contribution in [3.05, 3.63) is 71.1 Å². The number of hydrogen-bond acceptors (Lipinski definition) is 9. The first-order valence-electron chi connectivity index (χ1n) is 13.6. The van der Waals surface area contributed by atoms with Gasteiger partial charge in [0.15, 0.2) is 0 Å². The molecule has 1 amide bonds. The summed E-state index contributed by atoms with van der Waals surface area (Å²) < 4.78 is 34.7. The van der Waals surface area contributed by atoms with E-state index in [0.29, 0.717) is 89.2 Å². The fourth-order valence-electron chi connectivity index (χ4n) is 4.83. The van der Waals surface area contributed by atoms with Crippen molar-refractivity contribution in [1.29, 1.82) is 5.26 Å². The lowest BCUT2D eigenvalue weighted by Crippen LogP contribution is -2.41. The van der Waals surface area contributed by atoms with E-state index in [1.807, 2.05) is 30.3 Å². The van der Waals surface area contributed by atoms with Crippen LogP contribution in [0, 0.1) is 11.3 Å². The molecular formula is C30H30ClN5O6S. The molecule has 0 radical (unpaired) electrons. The molecule has 1 aliphatic rings. The Morgan fingerprint density at radius 2 is 2.00 bits per heavy atom. The molecule has 224 valence electrons. The molecule has 0 aliphatic carbocycles. The van der Waals surface area contributed by atoms with Crippen molar-refractivity contribution in [2.75, 3.05) is 37.0 Å². The van der Waals surface area contributed by atoms with Crippen LogP contribution in [0.15, 0.2) is 59.1 Å². The highest BCUT2D eigenvalue weighted by molar-refractivity contribution is 7.90. The van der Waals surface area contributed by atoms with Gasteiger partial charge in [-0.3, -0.25) is 4.98 Å². The van der Waals surface area contributed by atoms with Gasteiger partial charge in [0, 0.05) is 61.6 Å². The van der Waals surface area contributed by atoms with Gasteiger partial charge in [0.05, 0.1) is 34.1 Å². The first-order chi connectivity index (χ1) is 20.6. The monoisotopic (exact) mass is 623 g/mol. The molecule has 2 aromatic heterocycles. The van der Waals surface area contributed by atoms with E-state index in [2.05, 4.69) is 21.7 Å². The van der Waals surface area contributed by atoms with Crippen molar-refractivity contribution in [2.45, 2.75) is 25.5 Å². The first kappa shape index (κ1) is 30.2. The van der Waals surface area contributed by atoms with Crippen LogP contribution in [0.3, 0.4) is 0 Å². The molecule has 13 heteroatoms. The van der Waals surface area contributed by atoms with Crippen LogP contribution in [0.1, 0.15) is 24.2 Å². The summed E-state index contributed by atoms with van der Waals surface area (Å²) in [6.45, 7) is 1.53. The maximum atomic E-state index is 11.3. The summed E-state index contributed by atoms with van der Waals surface area (Å²) in [6.07, 6.45) is 2.81. The predicted octanol–water partition coefficient (Wildman–Crippen LogP) is 5.42. The molecule has 4 aromatic rings. The summed E-state index contributed by atoms with van der Waals surface area (Å²) in [4.78, 5) is 17.0. The zero-order chi connectivity index (χ0) is 30.6. The van der Waals surface area contributed by atoms with Crippen molar-refractivity contribution in [3.63, 3.8) is 0 Å². The molecule has 0 unspecified atom stereocenters. The van der Waals surface area contributed by atoms with Gasteiger partial charge in [-0.1, -0.05) is 11.6 Å². The molecule has 43 heavy (non-hydrogen) atoms. The highest BCUT2D eigenvalue weighted by atomic mass is 35.5. The molecule has 1 aliphatic heterocycles. The number of pyridine rings is 1. The van der Waals surface area contributed by atoms with Crippen LogP contribution in [0.4, 0.5) is 16.2 Å². The number of nitriles is 1. The normalized spacial score (nSPS) is 14.0. The minimum Gasteiger partial charge on any atom is -0.489 e. The van der Waals surface area contributed by atoms with Crippen LogP contribution in [-0.2, 0) is 16.4 Å². The Labute approximate surface area is 253 Å². The summed E-state index contributed by atoms with van der Waals surface area (Å²) in [6, 6.07) is 16.8. The highest BCUT2D eigenvalue weighted by Gasteiger charge is 2.24. The molecule has 3 N–H and O–H groups in total. The number of likely N-dealkylation sites (tertiary alicyclic amines) is 1. The molecule has 0 saturated carbocycles. The van der Waals surface area contributed by atoms with Crippen LogP contribution < -0.4 is 15.4 Å². The smallest absolute Gasteiger partial charge is 0.407 e. The number of anilines is 2. The average Bonchev–Trinajstić information content (AvgIpc) is 3.45. The maximum absolute atomic E-state index is 11.3. The van der Waals surface area contributed by atoms with E-state index in [0.717, 1.165) is 5.56 Å². The molecule has 5 rings (SSSR count). The second-order valence-electron chi connectivity index (χ2n) is 10.3. The molecule has 0 atom stereocenters. The Kier molecular flexibility index (Phi) is 9.05. The number of aromatic nitrogens is 1. The number of nitrogens with one attached hydrogen (secondary N) is 2. The molecule has 2 aromatic carbocycles. The molecule has 1 saturated heterocycles. The van der Waals surface area contributed by atoms with Gasteiger partial charge in [0.2, 0.25) is 0 Å². The zero-order valence-electron chi connectivity index (χ0n) is 23.3. The summed E-state index contributed by atoms with van der Waals surface area (Å²) in [5, 5.41) is 26.5. The summed E-state index contributed by atoms with van der Waals surface area (Å²) in [5.74, 6) is 1.83. The molecule has 3 heterocycles. The van der Waals surface area contributed by atoms with Gasteiger partial charge in [-0.05, 0) is 48.5 Å². The molecule has 11 nitrogen and oxygen atoms in total. The zero-order valence-corrected chi connectivity index (χ0v) is 24.9. The lowest BCUT2D eigenvalue weighted by molar-refractivity contribution is 0.0895. The van der Waals surface area contributed by atoms with E-state index < -0.39 is 15.9 Å². The lowest BCUT2D eigenvalue weighted by atomic mass is 10.0. The Morgan fingerprint density at radius 1 is 1.21 bits per heavy atom. The minimum absolute atomic E-state index is 0.0458. The van der Waals surface area contributed by atoms with Gasteiger partial charge in [-0.2, -0.15) is 5.26 Å². The van der Waals surface area contributed by atoms with E-state index >= 15 is 0 Å². The second kappa shape index (κ2) is 12.9. The van der Waals surface area contributed by atoms with E-state index in [-0.39, 0.29) is 11.9 Å². The number of furan rings is 1. The third-order valence-electron chi connectivity index (χ3n) is 7.09. The summed E-state index contributed by atoms with van der Waals surface area (Å²) in [5.41, 5.74) is 3.02. The number of amides is 1. The van der Waals surface area contributed by atoms with Gasteiger partial charge in [0.25, 0.3) is 0 Å². The Balaban J connectivity index is 1.33. The van der Waals surface area contributed by atoms with Crippen LogP contribution in [-0.4, -0.2) is 67.2 Å². The Morgan fingerprint density at radius 3 is 2.70 bits per heavy atom. The molecule has 1 fully saturated rings. The van der Waals surface area contributed by atoms with Gasteiger partial charge in [-0.15, -0.1) is 0 Å². The van der Waals surface area contributed by atoms with E-state index in [9.17, 15) is 18.5 Å². The number of nitrogens with zero attached hydrogens (tertiary/aromatic N) is 3. The average molecular weight is 624 g/mol. The van der Waals surface area contributed by atoms with E-state index in [4.69, 9.17) is 25.9 Å². The van der Waals surface area contributed by atoms with Gasteiger partial charge in [0.1, 0.15) is 39.3 Å². The van der Waals surface area contributed by atoms with Crippen molar-refractivity contribution >= 4 is 49.8 Å². The molecule has 0 bridgehead atoms. The van der Waals surface area contributed by atoms with E-state index in [1.165, 1.54) is 17.4 Å². The van der Waals surface area contributed by atoms with Crippen LogP contribution in [0.25, 0.3) is 22.2 Å². The topological polar surface area (TPSA) is 158 Å². The fourth-order valence-corrected chi connectivity index (χ4v) is 5.57. The van der Waals surface area contributed by atoms with Gasteiger partial charge < -0.3 is 29.8 Å². The number of sulfone groups is 1. The van der Waals surface area contributed by atoms with E-state index in [1.54, 1.807) is 18.2 Å². The van der Waals surface area contributed by atoms with Crippen LogP contribution in [0.2, 0.25) is 5.02 Å². The first-order valence-corrected chi connectivity index (χ1v) is 16.0. The van der Waals surface area contributed by atoms with Crippen molar-refractivity contribution in [3.8, 4) is 23.1 Å². The molecule has 0 spiro atoms. The number of carboxylic acid groups (broad SMARTS) is 1. The van der Waals surface area contributed by atoms with Crippen molar-refractivity contribution in [2.24, 2.45) is 0 Å². The Hall–Kier alpha value is -4.31. The fraction of sp³-hybridized carbons (Fsp3) is 0.300. The third-order valence-corrected chi connectivity index (χ3v) is 8.33. The predicted molar refractivity (Wildman–Crippen MR) is 164 cm³/mol. The quantitative estimate of drug-likeness (QED) is 0.195. The van der Waals surface area contributed by atoms with Crippen molar-refractivity contribution < 1.29 is 27.5 Å². The number of piperidine rings is 1. The van der Waals surface area contributed by atoms with Gasteiger partial charge >= 0.3 is 6.09 Å². The number of fused-ring (bicyclic) bond motifs is 1. The number of benzene rings is 2. The summed E-state index contributed by atoms with van der Waals surface area (Å²) in [7, 11) is -3.04. The standard InChI is InChI=1S/C30H30ClN5O6S/c1-43(39,40)13-10-33-18-23-4-7-27(42-23)19-2-5-26-24(14-19)29(20(16-32)17-34-26)35-21-3-6-28(25(31)15-21)41-22-8-11-36(12-9-22)30(37)38/h2-7,14-15,17,22,33H,8-13,18H2,1H3,(H,34,35)(H,37,38). The largest absolute Gasteiger partial charge is 0.489 e. The Bertz CT molecular complexity index is 1790. The second-order valence-corrected chi connectivity index (χ2v) is 13.0. The minimum atomic E-state index is -3.04. The number of halogens is 1.